The summed E-state index contributed by atoms with van der Waals surface area (Å²) in [6, 6.07) is 0. The van der Waals surface area contributed by atoms with Gasteiger partial charge in [-0.15, -0.1) is 0 Å². The topological polar surface area (TPSA) is 27.7 Å². The van der Waals surface area contributed by atoms with Crippen LogP contribution in [-0.2, 0) is 14.2 Å². The van der Waals surface area contributed by atoms with Crippen molar-refractivity contribution in [2.24, 2.45) is 0 Å². The van der Waals surface area contributed by atoms with Crippen LogP contribution >= 0.6 is 0 Å². The first-order valence-electron chi connectivity index (χ1n) is 3.84. The molecule has 0 aromatic rings. The van der Waals surface area contributed by atoms with Crippen molar-refractivity contribution in [2.75, 3.05) is 13.2 Å². The van der Waals surface area contributed by atoms with E-state index in [-0.39, 0.29) is 12.4 Å². The molecule has 0 saturated heterocycles. The molecule has 64 valence electrons. The summed E-state index contributed by atoms with van der Waals surface area (Å²) in [5.41, 5.74) is 0. The van der Waals surface area contributed by atoms with Crippen molar-refractivity contribution in [3.05, 3.63) is 12.3 Å². The minimum absolute atomic E-state index is 0.183. The highest BCUT2D eigenvalue weighted by Crippen LogP contribution is 2.04. The van der Waals surface area contributed by atoms with Crippen LogP contribution < -0.4 is 0 Å². The second kappa shape index (κ2) is 4.36. The van der Waals surface area contributed by atoms with Gasteiger partial charge in [0.1, 0.15) is 6.61 Å². The minimum atomic E-state index is -0.238. The van der Waals surface area contributed by atoms with Crippen molar-refractivity contribution in [1.82, 2.24) is 0 Å². The molecular weight excluding hydrogens is 144 g/mol. The Bertz CT molecular complexity index is 131. The number of hydrogen-bond donors (Lipinski definition) is 0. The van der Waals surface area contributed by atoms with Gasteiger partial charge in [0.25, 0.3) is 0 Å². The van der Waals surface area contributed by atoms with Crippen LogP contribution in [0.5, 0.6) is 0 Å². The summed E-state index contributed by atoms with van der Waals surface area (Å²) >= 11 is 0. The quantitative estimate of drug-likeness (QED) is 0.606. The van der Waals surface area contributed by atoms with Crippen LogP contribution in [0.1, 0.15) is 13.8 Å². The van der Waals surface area contributed by atoms with Crippen LogP contribution in [0.25, 0.3) is 0 Å². The van der Waals surface area contributed by atoms with E-state index in [9.17, 15) is 0 Å². The maximum atomic E-state index is 5.38. The van der Waals surface area contributed by atoms with E-state index in [0.29, 0.717) is 13.2 Å². The highest BCUT2D eigenvalue weighted by molar-refractivity contribution is 4.80. The fourth-order valence-corrected chi connectivity index (χ4v) is 0.809. The molecule has 3 heteroatoms. The number of hydrogen-bond acceptors (Lipinski definition) is 3. The fraction of sp³-hybridized carbons (Fsp3) is 0.750. The fourth-order valence-electron chi connectivity index (χ4n) is 0.809. The molecule has 1 rings (SSSR count). The van der Waals surface area contributed by atoms with Gasteiger partial charge >= 0.3 is 0 Å². The third-order valence-electron chi connectivity index (χ3n) is 1.22. The van der Waals surface area contributed by atoms with Crippen LogP contribution in [0, 0.1) is 0 Å². The van der Waals surface area contributed by atoms with Crippen LogP contribution in [0.3, 0.4) is 0 Å². The summed E-state index contributed by atoms with van der Waals surface area (Å²) in [6.07, 6.45) is 3.34. The van der Waals surface area contributed by atoms with Gasteiger partial charge in [0.05, 0.1) is 19.0 Å². The van der Waals surface area contributed by atoms with Gasteiger partial charge in [-0.2, -0.15) is 0 Å². The maximum absolute atomic E-state index is 5.38. The van der Waals surface area contributed by atoms with E-state index in [4.69, 9.17) is 14.2 Å². The van der Waals surface area contributed by atoms with Gasteiger partial charge in [-0.3, -0.25) is 0 Å². The zero-order chi connectivity index (χ0) is 8.10. The molecule has 0 aromatic carbocycles. The molecule has 0 saturated carbocycles. The lowest BCUT2D eigenvalue weighted by molar-refractivity contribution is -0.133. The van der Waals surface area contributed by atoms with Crippen molar-refractivity contribution >= 4 is 0 Å². The third kappa shape index (κ3) is 3.39. The van der Waals surface area contributed by atoms with Gasteiger partial charge in [0.15, 0.2) is 6.29 Å². The first-order valence-corrected chi connectivity index (χ1v) is 3.84. The van der Waals surface area contributed by atoms with Gasteiger partial charge in [-0.05, 0) is 13.8 Å². The van der Waals surface area contributed by atoms with Crippen LogP contribution in [-0.4, -0.2) is 25.6 Å². The molecule has 1 aliphatic rings. The predicted molar refractivity (Wildman–Crippen MR) is 41.1 cm³/mol. The summed E-state index contributed by atoms with van der Waals surface area (Å²) in [5, 5.41) is 0. The van der Waals surface area contributed by atoms with E-state index in [2.05, 4.69) is 0 Å². The molecule has 0 radical (unpaired) electrons. The summed E-state index contributed by atoms with van der Waals surface area (Å²) in [4.78, 5) is 0. The average Bonchev–Trinajstić information content (AvgIpc) is 2.14. The molecule has 0 N–H and O–H groups in total. The monoisotopic (exact) mass is 158 g/mol. The Hall–Kier alpha value is -0.540. The Morgan fingerprint density at radius 1 is 1.45 bits per heavy atom. The van der Waals surface area contributed by atoms with E-state index in [1.807, 2.05) is 13.8 Å². The second-order valence-corrected chi connectivity index (χ2v) is 2.62. The summed E-state index contributed by atoms with van der Waals surface area (Å²) in [7, 11) is 0. The molecule has 1 unspecified atom stereocenters. The van der Waals surface area contributed by atoms with Gasteiger partial charge in [-0.25, -0.2) is 0 Å². The van der Waals surface area contributed by atoms with Crippen molar-refractivity contribution < 1.29 is 14.2 Å². The molecule has 11 heavy (non-hydrogen) atoms. The average molecular weight is 158 g/mol. The van der Waals surface area contributed by atoms with E-state index in [1.54, 1.807) is 12.3 Å². The van der Waals surface area contributed by atoms with Crippen molar-refractivity contribution in [3.8, 4) is 0 Å². The molecule has 0 aromatic heterocycles. The Morgan fingerprint density at radius 3 is 3.00 bits per heavy atom. The number of ether oxygens (including phenoxy) is 3. The van der Waals surface area contributed by atoms with Crippen molar-refractivity contribution in [2.45, 2.75) is 26.2 Å². The smallest absolute Gasteiger partial charge is 0.180 e. The van der Waals surface area contributed by atoms with Crippen LogP contribution in [0.4, 0.5) is 0 Å². The lowest BCUT2D eigenvalue weighted by atomic mass is 10.5. The molecule has 1 atom stereocenters. The lowest BCUT2D eigenvalue weighted by Crippen LogP contribution is -2.19. The molecule has 0 fully saturated rings. The molecule has 1 aliphatic heterocycles. The maximum Gasteiger partial charge on any atom is 0.180 e. The van der Waals surface area contributed by atoms with E-state index >= 15 is 0 Å². The molecular formula is C8H14O3. The normalized spacial score (nSPS) is 24.8. The van der Waals surface area contributed by atoms with Crippen molar-refractivity contribution in [1.29, 1.82) is 0 Å². The first-order chi connectivity index (χ1) is 5.29. The molecule has 0 amide bonds. The van der Waals surface area contributed by atoms with E-state index < -0.39 is 0 Å². The standard InChI is InChI=1S/C8H14O3/c1-7(2)11-8-3-4-9-5-6-10-8/h3-4,7-8H,5-6H2,1-2H3. The lowest BCUT2D eigenvalue weighted by Gasteiger charge is -2.14. The van der Waals surface area contributed by atoms with Crippen molar-refractivity contribution in [3.63, 3.8) is 0 Å². The minimum Gasteiger partial charge on any atom is -0.499 e. The summed E-state index contributed by atoms with van der Waals surface area (Å²) < 4.78 is 15.7. The highest BCUT2D eigenvalue weighted by atomic mass is 16.7. The SMILES string of the molecule is CC(C)OC1C=COCCO1. The zero-order valence-electron chi connectivity index (χ0n) is 6.95. The predicted octanol–water partition coefficient (Wildman–Crippen LogP) is 1.30. The van der Waals surface area contributed by atoms with E-state index in [0.717, 1.165) is 0 Å². The first kappa shape index (κ1) is 8.56. The van der Waals surface area contributed by atoms with Crippen LogP contribution in [0.15, 0.2) is 12.3 Å². The second-order valence-electron chi connectivity index (χ2n) is 2.62. The Morgan fingerprint density at radius 2 is 2.27 bits per heavy atom. The molecule has 0 aliphatic carbocycles. The molecule has 0 spiro atoms. The molecule has 0 bridgehead atoms. The molecule has 3 nitrogen and oxygen atoms in total. The molecule has 1 heterocycles. The van der Waals surface area contributed by atoms with E-state index in [1.165, 1.54) is 0 Å². The van der Waals surface area contributed by atoms with Gasteiger partial charge in [0.2, 0.25) is 0 Å². The van der Waals surface area contributed by atoms with Crippen LogP contribution in [0.2, 0.25) is 0 Å². The van der Waals surface area contributed by atoms with Gasteiger partial charge < -0.3 is 14.2 Å². The van der Waals surface area contributed by atoms with Gasteiger partial charge in [0, 0.05) is 6.08 Å². The zero-order valence-corrected chi connectivity index (χ0v) is 6.95. The number of rotatable bonds is 2. The highest BCUT2D eigenvalue weighted by Gasteiger charge is 2.09. The Kier molecular flexibility index (Phi) is 3.39. The van der Waals surface area contributed by atoms with Gasteiger partial charge in [-0.1, -0.05) is 0 Å². The third-order valence-corrected chi connectivity index (χ3v) is 1.22. The Balaban J connectivity index is 2.30. The summed E-state index contributed by atoms with van der Waals surface area (Å²) in [6.45, 7) is 5.14. The Labute approximate surface area is 66.9 Å². The summed E-state index contributed by atoms with van der Waals surface area (Å²) in [5.74, 6) is 0. The largest absolute Gasteiger partial charge is 0.499 e.